The number of piperidine rings is 1. The van der Waals surface area contributed by atoms with E-state index in [0.717, 1.165) is 31.6 Å². The van der Waals surface area contributed by atoms with Gasteiger partial charge in [-0.3, -0.25) is 14.2 Å². The number of amides is 1. The highest BCUT2D eigenvalue weighted by Gasteiger charge is 2.28. The summed E-state index contributed by atoms with van der Waals surface area (Å²) in [6.07, 6.45) is 6.55. The number of aromatic nitrogens is 2. The lowest BCUT2D eigenvalue weighted by Gasteiger charge is -2.28. The van der Waals surface area contributed by atoms with Gasteiger partial charge < -0.3 is 10.2 Å². The van der Waals surface area contributed by atoms with Crippen LogP contribution in [-0.4, -0.2) is 28.5 Å². The van der Waals surface area contributed by atoms with Crippen LogP contribution in [0.3, 0.4) is 0 Å². The third kappa shape index (κ3) is 4.33. The van der Waals surface area contributed by atoms with E-state index in [9.17, 15) is 9.59 Å². The Morgan fingerprint density at radius 2 is 1.74 bits per heavy atom. The lowest BCUT2D eigenvalue weighted by Crippen LogP contribution is -2.29. The van der Waals surface area contributed by atoms with Crippen LogP contribution < -0.4 is 15.8 Å². The van der Waals surface area contributed by atoms with Gasteiger partial charge in [0.05, 0.1) is 10.9 Å². The molecule has 0 unspecified atom stereocenters. The average molecular weight is 417 g/mol. The predicted molar refractivity (Wildman–Crippen MR) is 124 cm³/mol. The molecule has 2 aromatic carbocycles. The number of carbonyl (C=O) groups excluding carboxylic acids is 1. The lowest BCUT2D eigenvalue weighted by atomic mass is 10.1. The molecule has 5 rings (SSSR count). The topological polar surface area (TPSA) is 67.2 Å². The van der Waals surface area contributed by atoms with Crippen LogP contribution in [0.15, 0.2) is 53.3 Å². The van der Waals surface area contributed by atoms with Gasteiger partial charge in [0.25, 0.3) is 5.56 Å². The fourth-order valence-corrected chi connectivity index (χ4v) is 4.43. The molecule has 0 atom stereocenters. The van der Waals surface area contributed by atoms with E-state index in [1.165, 1.54) is 24.9 Å². The standard InChI is InChI=1S/C25H28N4O2/c30-24(26-18-8-10-19(11-9-18)28-16-4-1-5-17-28)15-14-23-27-22-7-3-2-6-21(22)25(31)29(23)20-12-13-20/h2-3,6-11,20H,1,4-5,12-17H2,(H,26,30). The van der Waals surface area contributed by atoms with Crippen molar-refractivity contribution in [2.75, 3.05) is 23.3 Å². The summed E-state index contributed by atoms with van der Waals surface area (Å²) in [7, 11) is 0. The van der Waals surface area contributed by atoms with E-state index in [1.807, 2.05) is 41.0 Å². The first-order valence-electron chi connectivity index (χ1n) is 11.3. The van der Waals surface area contributed by atoms with E-state index in [4.69, 9.17) is 4.98 Å². The first-order valence-corrected chi connectivity index (χ1v) is 11.3. The first kappa shape index (κ1) is 19.8. The number of nitrogens with one attached hydrogen (secondary N) is 1. The second-order valence-corrected chi connectivity index (χ2v) is 8.59. The highest BCUT2D eigenvalue weighted by Crippen LogP contribution is 2.35. The maximum absolute atomic E-state index is 12.9. The van der Waals surface area contributed by atoms with Crippen molar-refractivity contribution in [1.29, 1.82) is 0 Å². The average Bonchev–Trinajstić information content (AvgIpc) is 3.64. The van der Waals surface area contributed by atoms with Crippen molar-refractivity contribution < 1.29 is 4.79 Å². The molecule has 1 aliphatic heterocycles. The zero-order valence-electron chi connectivity index (χ0n) is 17.7. The van der Waals surface area contributed by atoms with Crippen LogP contribution in [0.4, 0.5) is 11.4 Å². The molecule has 0 radical (unpaired) electrons. The minimum Gasteiger partial charge on any atom is -0.372 e. The summed E-state index contributed by atoms with van der Waals surface area (Å²) >= 11 is 0. The summed E-state index contributed by atoms with van der Waals surface area (Å²) < 4.78 is 1.81. The number of nitrogens with zero attached hydrogens (tertiary/aromatic N) is 3. The maximum Gasteiger partial charge on any atom is 0.261 e. The number of hydrogen-bond donors (Lipinski definition) is 1. The number of hydrogen-bond acceptors (Lipinski definition) is 4. The van der Waals surface area contributed by atoms with Gasteiger partial charge in [-0.15, -0.1) is 0 Å². The summed E-state index contributed by atoms with van der Waals surface area (Å²) in [6.45, 7) is 2.21. The Morgan fingerprint density at radius 3 is 2.48 bits per heavy atom. The second kappa shape index (κ2) is 8.53. The van der Waals surface area contributed by atoms with Crippen LogP contribution >= 0.6 is 0 Å². The molecule has 2 aliphatic rings. The third-order valence-electron chi connectivity index (χ3n) is 6.24. The Bertz CT molecular complexity index is 1140. The molecule has 1 aromatic heterocycles. The highest BCUT2D eigenvalue weighted by atomic mass is 16.1. The van der Waals surface area contributed by atoms with E-state index in [1.54, 1.807) is 0 Å². The van der Waals surface area contributed by atoms with Crippen molar-refractivity contribution in [2.24, 2.45) is 0 Å². The number of para-hydroxylation sites is 1. The van der Waals surface area contributed by atoms with Gasteiger partial charge in [-0.2, -0.15) is 0 Å². The minimum atomic E-state index is -0.0597. The zero-order valence-corrected chi connectivity index (χ0v) is 17.7. The van der Waals surface area contributed by atoms with Gasteiger partial charge in [-0.25, -0.2) is 4.98 Å². The van der Waals surface area contributed by atoms with E-state index in [2.05, 4.69) is 22.3 Å². The minimum absolute atomic E-state index is 0.0109. The Kier molecular flexibility index (Phi) is 5.45. The van der Waals surface area contributed by atoms with Crippen LogP contribution in [0.2, 0.25) is 0 Å². The number of benzene rings is 2. The molecule has 1 N–H and O–H groups in total. The molecule has 6 nitrogen and oxygen atoms in total. The quantitative estimate of drug-likeness (QED) is 0.651. The molecule has 160 valence electrons. The number of fused-ring (bicyclic) bond motifs is 1. The molecule has 3 aromatic rings. The fourth-order valence-electron chi connectivity index (χ4n) is 4.43. The Morgan fingerprint density at radius 1 is 1.00 bits per heavy atom. The number of rotatable bonds is 6. The molecular weight excluding hydrogens is 388 g/mol. The van der Waals surface area contributed by atoms with E-state index < -0.39 is 0 Å². The van der Waals surface area contributed by atoms with Crippen molar-refractivity contribution in [3.63, 3.8) is 0 Å². The fraction of sp³-hybridized carbons (Fsp3) is 0.400. The number of anilines is 2. The molecule has 0 spiro atoms. The Labute approximate surface area is 181 Å². The van der Waals surface area contributed by atoms with E-state index in [-0.39, 0.29) is 17.5 Å². The Balaban J connectivity index is 1.26. The lowest BCUT2D eigenvalue weighted by molar-refractivity contribution is -0.116. The molecule has 2 heterocycles. The van der Waals surface area contributed by atoms with Crippen molar-refractivity contribution in [2.45, 2.75) is 51.0 Å². The summed E-state index contributed by atoms with van der Waals surface area (Å²) in [5.74, 6) is 0.650. The van der Waals surface area contributed by atoms with Crippen molar-refractivity contribution in [1.82, 2.24) is 9.55 Å². The molecule has 2 fully saturated rings. The SMILES string of the molecule is O=C(CCc1nc2ccccc2c(=O)n1C1CC1)Nc1ccc(N2CCCCC2)cc1. The second-order valence-electron chi connectivity index (χ2n) is 8.59. The summed E-state index contributed by atoms with van der Waals surface area (Å²) in [4.78, 5) is 32.6. The predicted octanol–water partition coefficient (Wildman–Crippen LogP) is 4.29. The largest absolute Gasteiger partial charge is 0.372 e. The van der Waals surface area contributed by atoms with Crippen LogP contribution in [0.5, 0.6) is 0 Å². The molecular formula is C25H28N4O2. The van der Waals surface area contributed by atoms with Crippen molar-refractivity contribution in [3.05, 3.63) is 64.7 Å². The normalized spacial score (nSPS) is 16.5. The number of carbonyl (C=O) groups is 1. The van der Waals surface area contributed by atoms with Gasteiger partial charge in [0.15, 0.2) is 0 Å². The summed E-state index contributed by atoms with van der Waals surface area (Å²) in [5.41, 5.74) is 2.73. The smallest absolute Gasteiger partial charge is 0.261 e. The maximum atomic E-state index is 12.9. The molecule has 1 saturated heterocycles. The van der Waals surface area contributed by atoms with Gasteiger partial charge in [0.1, 0.15) is 5.82 Å². The van der Waals surface area contributed by atoms with Crippen LogP contribution in [0, 0.1) is 0 Å². The van der Waals surface area contributed by atoms with Gasteiger partial charge in [0.2, 0.25) is 5.91 Å². The molecule has 1 saturated carbocycles. The molecule has 6 heteroatoms. The first-order chi connectivity index (χ1) is 15.2. The molecule has 1 amide bonds. The van der Waals surface area contributed by atoms with E-state index >= 15 is 0 Å². The van der Waals surface area contributed by atoms with Gasteiger partial charge >= 0.3 is 0 Å². The summed E-state index contributed by atoms with van der Waals surface area (Å²) in [5, 5.41) is 3.64. The van der Waals surface area contributed by atoms with Crippen LogP contribution in [-0.2, 0) is 11.2 Å². The highest BCUT2D eigenvalue weighted by molar-refractivity contribution is 5.91. The summed E-state index contributed by atoms with van der Waals surface area (Å²) in [6, 6.07) is 15.8. The van der Waals surface area contributed by atoms with E-state index in [0.29, 0.717) is 29.6 Å². The van der Waals surface area contributed by atoms with Gasteiger partial charge in [0, 0.05) is 43.3 Å². The van der Waals surface area contributed by atoms with Crippen molar-refractivity contribution >= 4 is 28.2 Å². The van der Waals surface area contributed by atoms with Gasteiger partial charge in [-0.05, 0) is 68.5 Å². The van der Waals surface area contributed by atoms with Crippen LogP contribution in [0.25, 0.3) is 10.9 Å². The third-order valence-corrected chi connectivity index (χ3v) is 6.24. The monoisotopic (exact) mass is 416 g/mol. The zero-order chi connectivity index (χ0) is 21.2. The molecule has 1 aliphatic carbocycles. The van der Waals surface area contributed by atoms with Gasteiger partial charge in [-0.1, -0.05) is 12.1 Å². The molecule has 31 heavy (non-hydrogen) atoms. The number of aryl methyl sites for hydroxylation is 1. The Hall–Kier alpha value is -3.15. The molecule has 0 bridgehead atoms. The van der Waals surface area contributed by atoms with Crippen molar-refractivity contribution in [3.8, 4) is 0 Å². The van der Waals surface area contributed by atoms with Crippen LogP contribution in [0.1, 0.15) is 50.4 Å².